The third-order valence-electron chi connectivity index (χ3n) is 7.88. The van der Waals surface area contributed by atoms with Crippen molar-refractivity contribution in [2.24, 2.45) is 7.05 Å². The number of hydrogen-bond donors (Lipinski definition) is 3. The van der Waals surface area contributed by atoms with E-state index in [0.717, 1.165) is 25.7 Å². The zero-order chi connectivity index (χ0) is 28.9. The van der Waals surface area contributed by atoms with Gasteiger partial charge in [0.2, 0.25) is 11.9 Å². The third kappa shape index (κ3) is 5.22. The molecule has 2 fully saturated rings. The zero-order valence-corrected chi connectivity index (χ0v) is 23.4. The number of fused-ring (bicyclic) bond motifs is 1. The van der Waals surface area contributed by atoms with Crippen molar-refractivity contribution in [2.45, 2.75) is 37.5 Å². The molecule has 216 valence electrons. The molecule has 2 aliphatic rings. The first kappa shape index (κ1) is 27.1. The first-order valence-corrected chi connectivity index (χ1v) is 13.5. The molecule has 2 aliphatic heterocycles. The van der Waals surface area contributed by atoms with Crippen LogP contribution in [-0.2, 0) is 11.8 Å². The molecule has 0 spiro atoms. The number of nitrogens with one attached hydrogen (secondary N) is 3. The van der Waals surface area contributed by atoms with Crippen LogP contribution in [0.1, 0.15) is 19.8 Å². The highest BCUT2D eigenvalue weighted by Crippen LogP contribution is 2.37. The Bertz CT molecular complexity index is 1600. The molecule has 0 aliphatic carbocycles. The Morgan fingerprint density at radius 1 is 1.27 bits per heavy atom. The van der Waals surface area contributed by atoms with E-state index in [9.17, 15) is 4.79 Å². The smallest absolute Gasteiger partial charge is 0.256 e. The van der Waals surface area contributed by atoms with Crippen molar-refractivity contribution in [2.75, 3.05) is 44.4 Å². The van der Waals surface area contributed by atoms with Gasteiger partial charge in [-0.1, -0.05) is 12.1 Å². The standard InChI is InChI=1S/C28H33F2N9O2/c1-28(30)10-22(39(15-28)16-8-9-37(2)13-16)25(40)33-20-7-5-6-17-18(11-31-24(17)20)23-19(29)12-32-27(35-23)34-21-14-38(3)36-26(21)41-4/h5-7,11-12,14,16,22,31H,8-10,13,15H2,1-4H3,(H,33,40)(H,32,34,35)/t16-,22?,28?/m1/s1. The predicted molar refractivity (Wildman–Crippen MR) is 151 cm³/mol. The second-order valence-corrected chi connectivity index (χ2v) is 11.2. The summed E-state index contributed by atoms with van der Waals surface area (Å²) in [6.07, 6.45) is 5.49. The molecule has 6 rings (SSSR count). The monoisotopic (exact) mass is 565 g/mol. The molecule has 0 saturated carbocycles. The number of likely N-dealkylation sites (N-methyl/N-ethyl adjacent to an activating group) is 1. The van der Waals surface area contributed by atoms with Gasteiger partial charge in [-0.2, -0.15) is 0 Å². The molecule has 0 radical (unpaired) electrons. The maximum absolute atomic E-state index is 15.2. The minimum absolute atomic E-state index is 0.0839. The van der Waals surface area contributed by atoms with Gasteiger partial charge in [0.15, 0.2) is 5.82 Å². The van der Waals surface area contributed by atoms with Crippen LogP contribution in [0.4, 0.5) is 26.1 Å². The van der Waals surface area contributed by atoms with Crippen molar-refractivity contribution in [1.29, 1.82) is 0 Å². The summed E-state index contributed by atoms with van der Waals surface area (Å²) in [6, 6.07) is 4.94. The average molecular weight is 566 g/mol. The van der Waals surface area contributed by atoms with Gasteiger partial charge in [-0.3, -0.25) is 14.4 Å². The molecule has 1 aromatic carbocycles. The number of carbonyl (C=O) groups excluding carboxylic acids is 1. The quantitative estimate of drug-likeness (QED) is 0.311. The van der Waals surface area contributed by atoms with Gasteiger partial charge >= 0.3 is 0 Å². The molecule has 3 atom stereocenters. The SMILES string of the molecule is COc1nn(C)cc1Nc1ncc(F)c(-c2c[nH]c3c(NC(=O)C4CC(C)(F)CN4[C@@H]4CCN(C)C4)cccc23)n1. The maximum Gasteiger partial charge on any atom is 0.256 e. The molecule has 2 saturated heterocycles. The molecule has 3 aromatic heterocycles. The Morgan fingerprint density at radius 3 is 2.85 bits per heavy atom. The highest BCUT2D eigenvalue weighted by atomic mass is 19.1. The van der Waals surface area contributed by atoms with Crippen molar-refractivity contribution < 1.29 is 18.3 Å². The number of benzene rings is 1. The van der Waals surface area contributed by atoms with Gasteiger partial charge in [0.1, 0.15) is 17.1 Å². The largest absolute Gasteiger partial charge is 0.478 e. The van der Waals surface area contributed by atoms with Crippen molar-refractivity contribution in [3.63, 3.8) is 0 Å². The van der Waals surface area contributed by atoms with E-state index in [0.29, 0.717) is 33.7 Å². The number of aromatic amines is 1. The lowest BCUT2D eigenvalue weighted by molar-refractivity contribution is -0.121. The van der Waals surface area contributed by atoms with Gasteiger partial charge in [0.05, 0.1) is 36.7 Å². The summed E-state index contributed by atoms with van der Waals surface area (Å²) < 4.78 is 37.0. The average Bonchev–Trinajstić information content (AvgIpc) is 3.70. The number of anilines is 3. The van der Waals surface area contributed by atoms with Gasteiger partial charge in [0, 0.05) is 49.7 Å². The number of likely N-dealkylation sites (tertiary alicyclic amines) is 2. The fourth-order valence-electron chi connectivity index (χ4n) is 6.00. The van der Waals surface area contributed by atoms with Crippen molar-refractivity contribution >= 4 is 34.1 Å². The van der Waals surface area contributed by atoms with Gasteiger partial charge in [-0.15, -0.1) is 5.10 Å². The Hall–Kier alpha value is -4.10. The summed E-state index contributed by atoms with van der Waals surface area (Å²) in [4.78, 5) is 29.4. The summed E-state index contributed by atoms with van der Waals surface area (Å²) in [5.74, 6) is -0.341. The normalized spacial score (nSPS) is 23.4. The van der Waals surface area contributed by atoms with Gasteiger partial charge in [0.25, 0.3) is 5.88 Å². The minimum Gasteiger partial charge on any atom is -0.478 e. The summed E-state index contributed by atoms with van der Waals surface area (Å²) in [7, 11) is 5.29. The highest BCUT2D eigenvalue weighted by molar-refractivity contribution is 6.06. The van der Waals surface area contributed by atoms with E-state index in [2.05, 4.69) is 35.6 Å². The summed E-state index contributed by atoms with van der Waals surface area (Å²) in [5, 5.41) is 10.9. The second-order valence-electron chi connectivity index (χ2n) is 11.2. The summed E-state index contributed by atoms with van der Waals surface area (Å²) >= 11 is 0. The number of amides is 1. The molecule has 1 amide bonds. The van der Waals surface area contributed by atoms with Gasteiger partial charge in [-0.25, -0.2) is 18.7 Å². The molecule has 11 nitrogen and oxygen atoms in total. The number of H-pyrrole nitrogens is 1. The fraction of sp³-hybridized carbons (Fsp3) is 0.429. The topological polar surface area (TPSA) is 116 Å². The lowest BCUT2D eigenvalue weighted by Gasteiger charge is -2.29. The number of carbonyl (C=O) groups is 1. The van der Waals surface area contributed by atoms with Gasteiger partial charge in [-0.05, 0) is 33.0 Å². The molecular formula is C28H33F2N9O2. The van der Waals surface area contributed by atoms with Gasteiger partial charge < -0.3 is 25.3 Å². The van der Waals surface area contributed by atoms with E-state index < -0.39 is 17.5 Å². The van der Waals surface area contributed by atoms with E-state index in [1.165, 1.54) is 7.11 Å². The van der Waals surface area contributed by atoms with E-state index in [4.69, 9.17) is 4.74 Å². The van der Waals surface area contributed by atoms with Crippen LogP contribution in [-0.4, -0.2) is 92.0 Å². The molecule has 41 heavy (non-hydrogen) atoms. The summed E-state index contributed by atoms with van der Waals surface area (Å²) in [6.45, 7) is 3.53. The van der Waals surface area contributed by atoms with Crippen molar-refractivity contribution in [3.8, 4) is 17.1 Å². The van der Waals surface area contributed by atoms with Crippen LogP contribution in [0.3, 0.4) is 0 Å². The lowest BCUT2D eigenvalue weighted by Crippen LogP contribution is -2.46. The Labute approximate surface area is 235 Å². The molecular weight excluding hydrogens is 532 g/mol. The third-order valence-corrected chi connectivity index (χ3v) is 7.88. The molecule has 13 heteroatoms. The molecule has 5 heterocycles. The Kier molecular flexibility index (Phi) is 6.86. The van der Waals surface area contributed by atoms with Crippen LogP contribution in [0.5, 0.6) is 5.88 Å². The lowest BCUT2D eigenvalue weighted by atomic mass is 10.0. The number of alkyl halides is 1. The number of halogens is 2. The van der Waals surface area contributed by atoms with Crippen molar-refractivity contribution in [1.82, 2.24) is 34.5 Å². The number of rotatable bonds is 7. The first-order valence-electron chi connectivity index (χ1n) is 13.5. The Balaban J connectivity index is 1.27. The van der Waals surface area contributed by atoms with Crippen molar-refractivity contribution in [3.05, 3.63) is 42.6 Å². The molecule has 4 aromatic rings. The van der Waals surface area contributed by atoms with Crippen LogP contribution < -0.4 is 15.4 Å². The number of ether oxygens (including phenoxy) is 1. The second kappa shape index (κ2) is 10.4. The fourth-order valence-corrected chi connectivity index (χ4v) is 6.00. The number of methoxy groups -OCH3 is 1. The molecule has 0 bridgehead atoms. The number of aryl methyl sites for hydroxylation is 1. The minimum atomic E-state index is -1.44. The van der Waals surface area contributed by atoms with E-state index in [-0.39, 0.29) is 36.6 Å². The van der Waals surface area contributed by atoms with Crippen LogP contribution in [0.25, 0.3) is 22.2 Å². The van der Waals surface area contributed by atoms with Crippen LogP contribution in [0.15, 0.2) is 36.8 Å². The maximum atomic E-state index is 15.2. The number of aromatic nitrogens is 5. The zero-order valence-electron chi connectivity index (χ0n) is 23.4. The summed E-state index contributed by atoms with van der Waals surface area (Å²) in [5.41, 5.74) is 0.829. The molecule has 3 N–H and O–H groups in total. The van der Waals surface area contributed by atoms with Crippen LogP contribution in [0.2, 0.25) is 0 Å². The Morgan fingerprint density at radius 2 is 2.10 bits per heavy atom. The van der Waals surface area contributed by atoms with E-state index >= 15 is 8.78 Å². The van der Waals surface area contributed by atoms with Crippen LogP contribution >= 0.6 is 0 Å². The number of hydrogen-bond acceptors (Lipinski definition) is 8. The predicted octanol–water partition coefficient (Wildman–Crippen LogP) is 3.69. The van der Waals surface area contributed by atoms with Crippen LogP contribution in [0, 0.1) is 5.82 Å². The molecule has 2 unspecified atom stereocenters. The number of nitrogens with zero attached hydrogens (tertiary/aromatic N) is 6. The highest BCUT2D eigenvalue weighted by Gasteiger charge is 2.48. The van der Waals surface area contributed by atoms with E-state index in [1.807, 2.05) is 18.0 Å². The first-order chi connectivity index (χ1) is 19.6. The van der Waals surface area contributed by atoms with E-state index in [1.54, 1.807) is 43.2 Å². The number of para-hydroxylation sites is 1.